The van der Waals surface area contributed by atoms with Gasteiger partial charge in [-0.25, -0.2) is 13.9 Å². The minimum atomic E-state index is -3.57. The Morgan fingerprint density at radius 3 is 2.58 bits per heavy atom. The van der Waals surface area contributed by atoms with E-state index in [-0.39, 0.29) is 11.4 Å². The van der Waals surface area contributed by atoms with Gasteiger partial charge < -0.3 is 0 Å². The second-order valence-electron chi connectivity index (χ2n) is 5.29. The lowest BCUT2D eigenvalue weighted by molar-refractivity contribution is -0.124. The van der Waals surface area contributed by atoms with Crippen LogP contribution in [0.1, 0.15) is 16.7 Å². The lowest BCUT2D eigenvalue weighted by Crippen LogP contribution is -2.25. The van der Waals surface area contributed by atoms with Crippen LogP contribution < -0.4 is 5.48 Å². The van der Waals surface area contributed by atoms with Gasteiger partial charge in [-0.1, -0.05) is 18.2 Å². The third kappa shape index (κ3) is 3.21. The molecule has 1 aliphatic rings. The van der Waals surface area contributed by atoms with Gasteiger partial charge in [-0.2, -0.15) is 4.31 Å². The highest BCUT2D eigenvalue weighted by atomic mass is 32.2. The molecule has 2 N–H and O–H groups in total. The molecule has 2 heterocycles. The molecule has 3 rings (SSSR count). The first-order valence-electron chi connectivity index (χ1n) is 7.15. The van der Waals surface area contributed by atoms with Gasteiger partial charge >= 0.3 is 0 Å². The summed E-state index contributed by atoms with van der Waals surface area (Å²) >= 11 is 0. The number of pyridine rings is 1. The number of nitrogens with one attached hydrogen (secondary N) is 1. The van der Waals surface area contributed by atoms with Crippen LogP contribution in [-0.2, 0) is 27.9 Å². The molecular formula is C16H15N3O4S. The van der Waals surface area contributed by atoms with Crippen molar-refractivity contribution in [2.75, 3.05) is 0 Å². The van der Waals surface area contributed by atoms with Crippen molar-refractivity contribution < 1.29 is 18.4 Å². The van der Waals surface area contributed by atoms with Gasteiger partial charge in [0.1, 0.15) is 0 Å². The largest absolute Gasteiger partial charge is 0.288 e. The van der Waals surface area contributed by atoms with Crippen molar-refractivity contribution in [1.82, 2.24) is 14.8 Å². The molecule has 0 radical (unpaired) electrons. The Kier molecular flexibility index (Phi) is 4.43. The Morgan fingerprint density at radius 2 is 1.88 bits per heavy atom. The van der Waals surface area contributed by atoms with E-state index in [9.17, 15) is 13.2 Å². The van der Waals surface area contributed by atoms with Gasteiger partial charge in [0.15, 0.2) is 0 Å². The normalized spacial score (nSPS) is 14.7. The Bertz CT molecular complexity index is 895. The average Bonchev–Trinajstić information content (AvgIpc) is 3.04. The molecule has 0 saturated heterocycles. The van der Waals surface area contributed by atoms with E-state index in [1.54, 1.807) is 12.1 Å². The summed E-state index contributed by atoms with van der Waals surface area (Å²) in [5.74, 6) is -0.627. The maximum Gasteiger partial charge on any atom is 0.267 e. The minimum Gasteiger partial charge on any atom is -0.288 e. The smallest absolute Gasteiger partial charge is 0.267 e. The molecule has 0 bridgehead atoms. The van der Waals surface area contributed by atoms with Gasteiger partial charge in [0.25, 0.3) is 5.91 Å². The van der Waals surface area contributed by atoms with Crippen LogP contribution in [0, 0.1) is 0 Å². The monoisotopic (exact) mass is 345 g/mol. The van der Waals surface area contributed by atoms with E-state index >= 15 is 0 Å². The molecule has 1 aromatic carbocycles. The second-order valence-corrected chi connectivity index (χ2v) is 7.23. The van der Waals surface area contributed by atoms with Crippen molar-refractivity contribution in [3.8, 4) is 0 Å². The maximum absolute atomic E-state index is 12.6. The van der Waals surface area contributed by atoms with Gasteiger partial charge in [-0.05, 0) is 34.9 Å². The fourth-order valence-corrected chi connectivity index (χ4v) is 3.91. The number of nitrogens with zero attached hydrogens (tertiary/aromatic N) is 2. The van der Waals surface area contributed by atoms with Crippen LogP contribution in [-0.4, -0.2) is 28.8 Å². The number of hydroxylamine groups is 1. The SMILES string of the molecule is O=C(C=Cc1ccc2c(c1)CN(S(=O)(=O)c1ccncc1)C2)NO. The molecular weight excluding hydrogens is 330 g/mol. The minimum absolute atomic E-state index is 0.213. The van der Waals surface area contributed by atoms with Gasteiger partial charge in [0.2, 0.25) is 10.0 Å². The van der Waals surface area contributed by atoms with E-state index in [1.807, 2.05) is 12.1 Å². The molecule has 7 nitrogen and oxygen atoms in total. The number of carbonyl (C=O) groups is 1. The number of aromatic nitrogens is 1. The first kappa shape index (κ1) is 16.3. The van der Waals surface area contributed by atoms with E-state index in [0.29, 0.717) is 6.54 Å². The number of hydrogen-bond donors (Lipinski definition) is 2. The van der Waals surface area contributed by atoms with Crippen molar-refractivity contribution in [1.29, 1.82) is 0 Å². The molecule has 0 spiro atoms. The van der Waals surface area contributed by atoms with Gasteiger partial charge in [0.05, 0.1) is 4.90 Å². The molecule has 1 aromatic heterocycles. The van der Waals surface area contributed by atoms with Crippen LogP contribution in [0.2, 0.25) is 0 Å². The molecule has 0 fully saturated rings. The zero-order valence-corrected chi connectivity index (χ0v) is 13.4. The summed E-state index contributed by atoms with van der Waals surface area (Å²) in [6.07, 6.45) is 5.64. The molecule has 1 amide bonds. The molecule has 1 aliphatic heterocycles. The van der Waals surface area contributed by atoms with Crippen molar-refractivity contribution >= 4 is 22.0 Å². The summed E-state index contributed by atoms with van der Waals surface area (Å²) in [7, 11) is -3.57. The van der Waals surface area contributed by atoms with E-state index in [4.69, 9.17) is 5.21 Å². The van der Waals surface area contributed by atoms with Crippen molar-refractivity contribution in [2.24, 2.45) is 0 Å². The molecule has 8 heteroatoms. The van der Waals surface area contributed by atoms with Crippen LogP contribution in [0.15, 0.2) is 53.7 Å². The summed E-state index contributed by atoms with van der Waals surface area (Å²) < 4.78 is 26.7. The average molecular weight is 345 g/mol. The second kappa shape index (κ2) is 6.52. The van der Waals surface area contributed by atoms with Crippen LogP contribution in [0.5, 0.6) is 0 Å². The lowest BCUT2D eigenvalue weighted by atomic mass is 10.1. The Labute approximate surface area is 139 Å². The zero-order chi connectivity index (χ0) is 17.2. The van der Waals surface area contributed by atoms with E-state index < -0.39 is 15.9 Å². The number of hydrogen-bond acceptors (Lipinski definition) is 5. The summed E-state index contributed by atoms with van der Waals surface area (Å²) in [6.45, 7) is 0.578. The van der Waals surface area contributed by atoms with Crippen molar-refractivity contribution in [2.45, 2.75) is 18.0 Å². The fourth-order valence-electron chi connectivity index (χ4n) is 2.53. The van der Waals surface area contributed by atoms with Gasteiger partial charge in [-0.15, -0.1) is 0 Å². The summed E-state index contributed by atoms with van der Waals surface area (Å²) in [6, 6.07) is 8.41. The van der Waals surface area contributed by atoms with E-state index in [1.165, 1.54) is 40.4 Å². The van der Waals surface area contributed by atoms with Crippen LogP contribution in [0.25, 0.3) is 6.08 Å². The van der Waals surface area contributed by atoms with E-state index in [0.717, 1.165) is 16.7 Å². The number of rotatable bonds is 4. The van der Waals surface area contributed by atoms with Crippen LogP contribution in [0.4, 0.5) is 0 Å². The first-order valence-corrected chi connectivity index (χ1v) is 8.59. The predicted molar refractivity (Wildman–Crippen MR) is 86.1 cm³/mol. The summed E-state index contributed by atoms with van der Waals surface area (Å²) in [5, 5.41) is 8.47. The van der Waals surface area contributed by atoms with Crippen molar-refractivity contribution in [3.05, 3.63) is 65.5 Å². The molecule has 0 saturated carbocycles. The molecule has 124 valence electrons. The highest BCUT2D eigenvalue weighted by Gasteiger charge is 2.30. The highest BCUT2D eigenvalue weighted by Crippen LogP contribution is 2.29. The lowest BCUT2D eigenvalue weighted by Gasteiger charge is -2.15. The quantitative estimate of drug-likeness (QED) is 0.494. The summed E-state index contributed by atoms with van der Waals surface area (Å²) in [5.41, 5.74) is 4.08. The molecule has 2 aromatic rings. The van der Waals surface area contributed by atoms with Gasteiger partial charge in [0, 0.05) is 31.6 Å². The van der Waals surface area contributed by atoms with E-state index in [2.05, 4.69) is 4.98 Å². The fraction of sp³-hybridized carbons (Fsp3) is 0.125. The number of fused-ring (bicyclic) bond motifs is 1. The predicted octanol–water partition coefficient (Wildman–Crippen LogP) is 1.30. The summed E-state index contributed by atoms with van der Waals surface area (Å²) in [4.78, 5) is 15.1. The standard InChI is InChI=1S/C16H15N3O4S/c20-16(18-21)4-2-12-1-3-13-10-19(11-14(13)9-12)24(22,23)15-5-7-17-8-6-15/h1-9,21H,10-11H2,(H,18,20). The molecule has 0 aliphatic carbocycles. The molecule has 0 unspecified atom stereocenters. The first-order chi connectivity index (χ1) is 11.5. The zero-order valence-electron chi connectivity index (χ0n) is 12.6. The number of amides is 1. The number of benzene rings is 1. The Hall–Kier alpha value is -2.55. The molecule has 0 atom stereocenters. The highest BCUT2D eigenvalue weighted by molar-refractivity contribution is 7.89. The van der Waals surface area contributed by atoms with Gasteiger partial charge in [-0.3, -0.25) is 15.0 Å². The molecule has 24 heavy (non-hydrogen) atoms. The Balaban J connectivity index is 1.83. The Morgan fingerprint density at radius 1 is 1.17 bits per heavy atom. The third-order valence-corrected chi connectivity index (χ3v) is 5.55. The third-order valence-electron chi connectivity index (χ3n) is 3.75. The topological polar surface area (TPSA) is 99.6 Å². The number of sulfonamides is 1. The van der Waals surface area contributed by atoms with Crippen molar-refractivity contribution in [3.63, 3.8) is 0 Å². The number of carbonyl (C=O) groups excluding carboxylic acids is 1. The maximum atomic E-state index is 12.6. The van der Waals surface area contributed by atoms with Crippen LogP contribution in [0.3, 0.4) is 0 Å². The van der Waals surface area contributed by atoms with Crippen LogP contribution >= 0.6 is 0 Å².